The Hall–Kier alpha value is -2.34. The van der Waals surface area contributed by atoms with Crippen LogP contribution in [0.3, 0.4) is 0 Å². The molecule has 0 unspecified atom stereocenters. The smallest absolute Gasteiger partial charge is 0.285 e. The number of hydrogen-bond donors (Lipinski definition) is 2. The molecule has 0 fully saturated rings. The van der Waals surface area contributed by atoms with Crippen molar-refractivity contribution in [2.45, 2.75) is 19.8 Å². The molecule has 0 aliphatic carbocycles. The van der Waals surface area contributed by atoms with E-state index in [1.807, 2.05) is 31.2 Å². The van der Waals surface area contributed by atoms with Gasteiger partial charge in [-0.05, 0) is 37.5 Å². The van der Waals surface area contributed by atoms with E-state index >= 15 is 0 Å². The Bertz CT molecular complexity index is 710. The number of rotatable bonds is 6. The predicted molar refractivity (Wildman–Crippen MR) is 87.9 cm³/mol. The first-order valence-electron chi connectivity index (χ1n) is 6.75. The topological polar surface area (TPSA) is 79.4 Å². The molecule has 0 aliphatic rings. The van der Waals surface area contributed by atoms with Crippen LogP contribution < -0.4 is 15.7 Å². The third kappa shape index (κ3) is 4.33. The number of nitrogens with one attached hydrogen (secondary N) is 2. The lowest BCUT2D eigenvalue weighted by Gasteiger charge is -2.05. The highest BCUT2D eigenvalue weighted by Crippen LogP contribution is 2.15. The number of methoxy groups -OCH3 is 1. The van der Waals surface area contributed by atoms with Crippen LogP contribution >= 0.6 is 11.6 Å². The van der Waals surface area contributed by atoms with E-state index in [0.29, 0.717) is 5.69 Å². The number of aryl methyl sites for hydroxylation is 1. The maximum atomic E-state index is 11.3. The van der Waals surface area contributed by atoms with E-state index in [1.54, 1.807) is 7.11 Å². The monoisotopic (exact) mass is 320 g/mol. The van der Waals surface area contributed by atoms with Crippen molar-refractivity contribution in [2.75, 3.05) is 12.5 Å². The largest absolute Gasteiger partial charge is 0.497 e. The van der Waals surface area contributed by atoms with Crippen LogP contribution in [0.5, 0.6) is 5.75 Å². The standard InChI is InChI=1S/C15H17ClN4O2/c1-10(3-4-11-5-7-12(22-2)8-6-11)18-19-13-9-17-20-15(21)14(13)16/h5-9H,3-4H2,1-2H3,(H2,19,20,21)/b18-10-. The number of ether oxygens (including phenoxy) is 1. The number of hydrogen-bond acceptors (Lipinski definition) is 5. The summed E-state index contributed by atoms with van der Waals surface area (Å²) in [5.74, 6) is 0.840. The molecule has 2 aromatic rings. The number of H-pyrrole nitrogens is 1. The second kappa shape index (κ2) is 7.61. The van der Waals surface area contributed by atoms with E-state index in [4.69, 9.17) is 16.3 Å². The highest BCUT2D eigenvalue weighted by Gasteiger charge is 2.03. The second-order valence-electron chi connectivity index (χ2n) is 4.73. The van der Waals surface area contributed by atoms with E-state index in [2.05, 4.69) is 20.7 Å². The molecule has 1 heterocycles. The van der Waals surface area contributed by atoms with Crippen molar-refractivity contribution in [3.8, 4) is 5.75 Å². The molecule has 0 spiro atoms. The van der Waals surface area contributed by atoms with Gasteiger partial charge in [0.1, 0.15) is 16.5 Å². The van der Waals surface area contributed by atoms with Gasteiger partial charge in [0, 0.05) is 5.71 Å². The third-order valence-electron chi connectivity index (χ3n) is 3.10. The van der Waals surface area contributed by atoms with Crippen molar-refractivity contribution in [3.05, 3.63) is 51.4 Å². The first kappa shape index (κ1) is 16.0. The third-order valence-corrected chi connectivity index (χ3v) is 3.47. The maximum Gasteiger partial charge on any atom is 0.285 e. The number of hydrazone groups is 1. The lowest BCUT2D eigenvalue weighted by molar-refractivity contribution is 0.414. The van der Waals surface area contributed by atoms with Gasteiger partial charge in [-0.15, -0.1) is 0 Å². The second-order valence-corrected chi connectivity index (χ2v) is 5.11. The van der Waals surface area contributed by atoms with Gasteiger partial charge in [0.25, 0.3) is 5.56 Å². The van der Waals surface area contributed by atoms with Crippen LogP contribution in [0, 0.1) is 0 Å². The van der Waals surface area contributed by atoms with Crippen molar-refractivity contribution < 1.29 is 4.74 Å². The number of aromatic nitrogens is 2. The molecule has 0 bridgehead atoms. The first-order chi connectivity index (χ1) is 10.6. The molecular formula is C15H17ClN4O2. The Kier molecular flexibility index (Phi) is 5.55. The van der Waals surface area contributed by atoms with E-state index < -0.39 is 5.56 Å². The Morgan fingerprint density at radius 3 is 2.82 bits per heavy atom. The summed E-state index contributed by atoms with van der Waals surface area (Å²) in [6.45, 7) is 1.91. The minimum absolute atomic E-state index is 0.0432. The fraction of sp³-hybridized carbons (Fsp3) is 0.267. The molecule has 0 atom stereocenters. The predicted octanol–water partition coefficient (Wildman–Crippen LogP) is 2.85. The van der Waals surface area contributed by atoms with Crippen LogP contribution in [-0.4, -0.2) is 23.0 Å². The van der Waals surface area contributed by atoms with Crippen molar-refractivity contribution in [2.24, 2.45) is 5.10 Å². The number of benzene rings is 1. The van der Waals surface area contributed by atoms with Gasteiger partial charge in [-0.1, -0.05) is 23.7 Å². The summed E-state index contributed by atoms with van der Waals surface area (Å²) in [4.78, 5) is 11.3. The summed E-state index contributed by atoms with van der Waals surface area (Å²) in [6.07, 6.45) is 3.07. The summed E-state index contributed by atoms with van der Waals surface area (Å²) < 4.78 is 5.12. The molecule has 2 N–H and O–H groups in total. The first-order valence-corrected chi connectivity index (χ1v) is 7.13. The van der Waals surface area contributed by atoms with Gasteiger partial charge < -0.3 is 4.74 Å². The molecule has 0 radical (unpaired) electrons. The lowest BCUT2D eigenvalue weighted by atomic mass is 10.1. The quantitative estimate of drug-likeness (QED) is 0.633. The van der Waals surface area contributed by atoms with Gasteiger partial charge in [-0.25, -0.2) is 5.10 Å². The minimum atomic E-state index is -0.447. The molecule has 22 heavy (non-hydrogen) atoms. The SMILES string of the molecule is COc1ccc(CC/C(C)=N\Nc2cn[nH]c(=O)c2Cl)cc1. The summed E-state index contributed by atoms with van der Waals surface area (Å²) in [6, 6.07) is 7.91. The van der Waals surface area contributed by atoms with Gasteiger partial charge in [0.2, 0.25) is 0 Å². The van der Waals surface area contributed by atoms with Crippen molar-refractivity contribution in [1.29, 1.82) is 0 Å². The fourth-order valence-electron chi connectivity index (χ4n) is 1.79. The highest BCUT2D eigenvalue weighted by molar-refractivity contribution is 6.32. The van der Waals surface area contributed by atoms with E-state index in [9.17, 15) is 4.79 Å². The summed E-state index contributed by atoms with van der Waals surface area (Å²) in [7, 11) is 1.64. The highest BCUT2D eigenvalue weighted by atomic mass is 35.5. The average Bonchev–Trinajstić information content (AvgIpc) is 2.54. The van der Waals surface area contributed by atoms with Crippen LogP contribution in [0.2, 0.25) is 5.02 Å². The molecule has 0 saturated heterocycles. The Morgan fingerprint density at radius 2 is 2.14 bits per heavy atom. The Labute approximate surface area is 133 Å². The number of nitrogens with zero attached hydrogens (tertiary/aromatic N) is 2. The summed E-state index contributed by atoms with van der Waals surface area (Å²) >= 11 is 5.85. The molecule has 0 saturated carbocycles. The zero-order valence-electron chi connectivity index (χ0n) is 12.4. The molecule has 6 nitrogen and oxygen atoms in total. The molecule has 7 heteroatoms. The number of anilines is 1. The molecular weight excluding hydrogens is 304 g/mol. The van der Waals surface area contributed by atoms with Crippen LogP contribution in [0.1, 0.15) is 18.9 Å². The van der Waals surface area contributed by atoms with Crippen molar-refractivity contribution in [1.82, 2.24) is 10.2 Å². The average molecular weight is 321 g/mol. The molecule has 1 aromatic heterocycles. The van der Waals surface area contributed by atoms with Gasteiger partial charge in [0.05, 0.1) is 13.3 Å². The zero-order chi connectivity index (χ0) is 15.9. The lowest BCUT2D eigenvalue weighted by Crippen LogP contribution is -2.10. The molecule has 2 rings (SSSR count). The van der Waals surface area contributed by atoms with Gasteiger partial charge >= 0.3 is 0 Å². The Morgan fingerprint density at radius 1 is 1.41 bits per heavy atom. The van der Waals surface area contributed by atoms with Crippen LogP contribution in [0.25, 0.3) is 0 Å². The van der Waals surface area contributed by atoms with Crippen LogP contribution in [0.15, 0.2) is 40.4 Å². The molecule has 0 amide bonds. The van der Waals surface area contributed by atoms with Gasteiger partial charge in [-0.3, -0.25) is 10.2 Å². The molecule has 116 valence electrons. The fourth-order valence-corrected chi connectivity index (χ4v) is 1.92. The van der Waals surface area contributed by atoms with E-state index in [1.165, 1.54) is 11.8 Å². The molecule has 0 aliphatic heterocycles. The van der Waals surface area contributed by atoms with Crippen LogP contribution in [0.4, 0.5) is 5.69 Å². The van der Waals surface area contributed by atoms with Gasteiger partial charge in [-0.2, -0.15) is 10.2 Å². The van der Waals surface area contributed by atoms with E-state index in [-0.39, 0.29) is 5.02 Å². The summed E-state index contributed by atoms with van der Waals surface area (Å²) in [5, 5.41) is 10.2. The van der Waals surface area contributed by atoms with Crippen molar-refractivity contribution in [3.63, 3.8) is 0 Å². The Balaban J connectivity index is 1.92. The van der Waals surface area contributed by atoms with E-state index in [0.717, 1.165) is 24.3 Å². The zero-order valence-corrected chi connectivity index (χ0v) is 13.1. The number of halogens is 1. The van der Waals surface area contributed by atoms with Crippen molar-refractivity contribution >= 4 is 23.0 Å². The maximum absolute atomic E-state index is 11.3. The normalized spacial score (nSPS) is 11.3. The molecule has 1 aromatic carbocycles. The summed E-state index contributed by atoms with van der Waals surface area (Å²) in [5.41, 5.74) is 4.79. The minimum Gasteiger partial charge on any atom is -0.497 e. The van der Waals surface area contributed by atoms with Crippen LogP contribution in [-0.2, 0) is 6.42 Å². The van der Waals surface area contributed by atoms with Gasteiger partial charge in [0.15, 0.2) is 0 Å². The number of aromatic amines is 1.